The Balaban J connectivity index is 1.90. The Morgan fingerprint density at radius 3 is 3.00 bits per heavy atom. The number of para-hydroxylation sites is 1. The lowest BCUT2D eigenvalue weighted by molar-refractivity contribution is 0.0690. The maximum absolute atomic E-state index is 11.1. The van der Waals surface area contributed by atoms with Crippen LogP contribution in [0.15, 0.2) is 30.3 Å². The molecule has 108 valence electrons. The number of ether oxygens (including phenoxy) is 1. The molecule has 1 atom stereocenters. The van der Waals surface area contributed by atoms with Crippen LogP contribution in [0.3, 0.4) is 0 Å². The molecule has 6 nitrogen and oxygen atoms in total. The quantitative estimate of drug-likeness (QED) is 0.901. The van der Waals surface area contributed by atoms with Gasteiger partial charge < -0.3 is 15.2 Å². The first-order valence-electron chi connectivity index (χ1n) is 6.71. The van der Waals surface area contributed by atoms with Crippen LogP contribution in [0.1, 0.15) is 34.2 Å². The fourth-order valence-electron chi connectivity index (χ4n) is 2.39. The second kappa shape index (κ2) is 5.40. The van der Waals surface area contributed by atoms with Crippen LogP contribution in [-0.2, 0) is 0 Å². The van der Waals surface area contributed by atoms with E-state index >= 15 is 0 Å². The van der Waals surface area contributed by atoms with Crippen LogP contribution < -0.4 is 10.1 Å². The van der Waals surface area contributed by atoms with Crippen molar-refractivity contribution in [3.8, 4) is 5.75 Å². The number of aromatic nitrogens is 2. The first-order chi connectivity index (χ1) is 10.1. The molecule has 0 saturated heterocycles. The van der Waals surface area contributed by atoms with E-state index in [0.29, 0.717) is 18.2 Å². The topological polar surface area (TPSA) is 84.3 Å². The molecule has 6 heteroatoms. The zero-order valence-corrected chi connectivity index (χ0v) is 11.5. The number of nitrogens with zero attached hydrogens (tertiary/aromatic N) is 2. The summed E-state index contributed by atoms with van der Waals surface area (Å²) in [5.41, 5.74) is 1.64. The van der Waals surface area contributed by atoms with Gasteiger partial charge in [-0.05, 0) is 19.1 Å². The van der Waals surface area contributed by atoms with Gasteiger partial charge in [0.1, 0.15) is 5.75 Å². The van der Waals surface area contributed by atoms with E-state index < -0.39 is 5.97 Å². The molecular weight excluding hydrogens is 270 g/mol. The van der Waals surface area contributed by atoms with Crippen molar-refractivity contribution in [2.45, 2.75) is 19.4 Å². The minimum absolute atomic E-state index is 0.00894. The molecule has 21 heavy (non-hydrogen) atoms. The van der Waals surface area contributed by atoms with E-state index in [4.69, 9.17) is 9.84 Å². The molecule has 0 saturated carbocycles. The number of hydrogen-bond acceptors (Lipinski definition) is 5. The monoisotopic (exact) mass is 285 g/mol. The van der Waals surface area contributed by atoms with Crippen molar-refractivity contribution < 1.29 is 14.6 Å². The number of rotatable bonds is 3. The van der Waals surface area contributed by atoms with Gasteiger partial charge in [-0.15, -0.1) is 0 Å². The predicted octanol–water partition coefficient (Wildman–Crippen LogP) is 2.42. The van der Waals surface area contributed by atoms with Crippen molar-refractivity contribution in [2.75, 3.05) is 11.9 Å². The molecule has 0 fully saturated rings. The van der Waals surface area contributed by atoms with E-state index in [1.54, 1.807) is 6.92 Å². The summed E-state index contributed by atoms with van der Waals surface area (Å²) in [6.45, 7) is 2.35. The van der Waals surface area contributed by atoms with Gasteiger partial charge in [-0.2, -0.15) is 0 Å². The average Bonchev–Trinajstić information content (AvgIpc) is 2.47. The summed E-state index contributed by atoms with van der Waals surface area (Å²) in [6, 6.07) is 9.24. The fraction of sp³-hybridized carbons (Fsp3) is 0.267. The fourth-order valence-corrected chi connectivity index (χ4v) is 2.39. The summed E-state index contributed by atoms with van der Waals surface area (Å²) in [5.74, 6) is 0.109. The van der Waals surface area contributed by atoms with Crippen LogP contribution in [-0.4, -0.2) is 27.7 Å². The van der Waals surface area contributed by atoms with Crippen molar-refractivity contribution in [1.82, 2.24) is 9.97 Å². The van der Waals surface area contributed by atoms with Crippen LogP contribution in [0.25, 0.3) is 0 Å². The van der Waals surface area contributed by atoms with Gasteiger partial charge in [0.15, 0.2) is 5.69 Å². The van der Waals surface area contributed by atoms with Crippen LogP contribution in [0.2, 0.25) is 0 Å². The standard InChI is InChI=1S/C15H15N3O3/c1-9-8-12(14(19)20)18-15(16-9)17-11-6-7-21-13-5-3-2-4-10(11)13/h2-5,8,11H,6-7H2,1H3,(H,19,20)(H,16,17,18). The lowest BCUT2D eigenvalue weighted by Crippen LogP contribution is -2.22. The Hall–Kier alpha value is -2.63. The molecule has 1 unspecified atom stereocenters. The van der Waals surface area contributed by atoms with E-state index in [0.717, 1.165) is 17.7 Å². The highest BCUT2D eigenvalue weighted by molar-refractivity contribution is 5.85. The minimum Gasteiger partial charge on any atom is -0.493 e. The number of anilines is 1. The summed E-state index contributed by atoms with van der Waals surface area (Å²) < 4.78 is 5.60. The van der Waals surface area contributed by atoms with Crippen molar-refractivity contribution >= 4 is 11.9 Å². The van der Waals surface area contributed by atoms with E-state index in [9.17, 15) is 4.79 Å². The number of hydrogen-bond donors (Lipinski definition) is 2. The summed E-state index contributed by atoms with van der Waals surface area (Å²) in [6.07, 6.45) is 0.775. The average molecular weight is 285 g/mol. The minimum atomic E-state index is -1.06. The molecule has 0 radical (unpaired) electrons. The van der Waals surface area contributed by atoms with Crippen molar-refractivity contribution in [3.63, 3.8) is 0 Å². The number of carboxylic acid groups (broad SMARTS) is 1. The van der Waals surface area contributed by atoms with E-state index in [1.165, 1.54) is 6.07 Å². The molecule has 1 aromatic carbocycles. The molecule has 3 rings (SSSR count). The zero-order chi connectivity index (χ0) is 14.8. The van der Waals surface area contributed by atoms with Crippen LogP contribution >= 0.6 is 0 Å². The molecule has 2 aromatic rings. The van der Waals surface area contributed by atoms with Crippen LogP contribution in [0.5, 0.6) is 5.75 Å². The highest BCUT2D eigenvalue weighted by Gasteiger charge is 2.22. The Labute approximate surface area is 121 Å². The van der Waals surface area contributed by atoms with E-state index in [2.05, 4.69) is 15.3 Å². The number of carbonyl (C=O) groups is 1. The summed E-state index contributed by atoms with van der Waals surface area (Å²) in [5, 5.41) is 12.3. The molecule has 0 spiro atoms. The number of benzene rings is 1. The molecule has 0 bridgehead atoms. The third kappa shape index (κ3) is 2.79. The predicted molar refractivity (Wildman–Crippen MR) is 76.6 cm³/mol. The molecule has 2 heterocycles. The first-order valence-corrected chi connectivity index (χ1v) is 6.71. The lowest BCUT2D eigenvalue weighted by atomic mass is 10.0. The maximum Gasteiger partial charge on any atom is 0.354 e. The van der Waals surface area contributed by atoms with Gasteiger partial charge >= 0.3 is 5.97 Å². The lowest BCUT2D eigenvalue weighted by Gasteiger charge is -2.26. The maximum atomic E-state index is 11.1. The number of aryl methyl sites for hydroxylation is 1. The normalized spacial score (nSPS) is 16.7. The Morgan fingerprint density at radius 1 is 1.38 bits per heavy atom. The largest absolute Gasteiger partial charge is 0.493 e. The third-order valence-electron chi connectivity index (χ3n) is 3.34. The highest BCUT2D eigenvalue weighted by Crippen LogP contribution is 2.33. The van der Waals surface area contributed by atoms with E-state index in [1.807, 2.05) is 24.3 Å². The van der Waals surface area contributed by atoms with Gasteiger partial charge in [0, 0.05) is 17.7 Å². The van der Waals surface area contributed by atoms with Gasteiger partial charge in [-0.3, -0.25) is 0 Å². The van der Waals surface area contributed by atoms with Gasteiger partial charge in [0.2, 0.25) is 5.95 Å². The number of aromatic carboxylic acids is 1. The second-order valence-corrected chi connectivity index (χ2v) is 4.90. The molecule has 1 aliphatic rings. The molecule has 0 amide bonds. The third-order valence-corrected chi connectivity index (χ3v) is 3.34. The number of carboxylic acids is 1. The van der Waals surface area contributed by atoms with Gasteiger partial charge in [0.05, 0.1) is 12.6 Å². The molecule has 2 N–H and O–H groups in total. The smallest absolute Gasteiger partial charge is 0.354 e. The summed E-state index contributed by atoms with van der Waals surface area (Å²) in [4.78, 5) is 19.4. The van der Waals surface area contributed by atoms with Crippen molar-refractivity contribution in [3.05, 3.63) is 47.3 Å². The summed E-state index contributed by atoms with van der Waals surface area (Å²) >= 11 is 0. The van der Waals surface area contributed by atoms with Crippen LogP contribution in [0, 0.1) is 6.92 Å². The van der Waals surface area contributed by atoms with E-state index in [-0.39, 0.29) is 11.7 Å². The Bertz CT molecular complexity index is 688. The van der Waals surface area contributed by atoms with Crippen molar-refractivity contribution in [2.24, 2.45) is 0 Å². The highest BCUT2D eigenvalue weighted by atomic mass is 16.5. The molecule has 1 aromatic heterocycles. The SMILES string of the molecule is Cc1cc(C(=O)O)nc(NC2CCOc3ccccc32)n1. The Kier molecular flexibility index (Phi) is 3.43. The first kappa shape index (κ1) is 13.4. The van der Waals surface area contributed by atoms with Gasteiger partial charge in [-0.1, -0.05) is 18.2 Å². The van der Waals surface area contributed by atoms with Gasteiger partial charge in [-0.25, -0.2) is 14.8 Å². The van der Waals surface area contributed by atoms with Gasteiger partial charge in [0.25, 0.3) is 0 Å². The zero-order valence-electron chi connectivity index (χ0n) is 11.5. The summed E-state index contributed by atoms with van der Waals surface area (Å²) in [7, 11) is 0. The van der Waals surface area contributed by atoms with Crippen LogP contribution in [0.4, 0.5) is 5.95 Å². The van der Waals surface area contributed by atoms with Crippen molar-refractivity contribution in [1.29, 1.82) is 0 Å². The number of fused-ring (bicyclic) bond motifs is 1. The second-order valence-electron chi connectivity index (χ2n) is 4.90. The Morgan fingerprint density at radius 2 is 2.19 bits per heavy atom. The molecular formula is C15H15N3O3. The molecule has 0 aliphatic carbocycles. The molecule has 1 aliphatic heterocycles. The number of nitrogens with one attached hydrogen (secondary N) is 1.